The van der Waals surface area contributed by atoms with E-state index in [0.717, 1.165) is 24.3 Å². The Bertz CT molecular complexity index is 537. The number of halogens is 1. The van der Waals surface area contributed by atoms with Crippen LogP contribution in [0.1, 0.15) is 5.89 Å². The molecule has 1 aliphatic heterocycles. The number of hydrogen-bond acceptors (Lipinski definition) is 5. The summed E-state index contributed by atoms with van der Waals surface area (Å²) in [4.78, 5) is 4.43. The molecule has 0 spiro atoms. The predicted octanol–water partition coefficient (Wildman–Crippen LogP) is 2.64. The average Bonchev–Trinajstić information content (AvgIpc) is 2.89. The summed E-state index contributed by atoms with van der Waals surface area (Å²) in [6.07, 6.45) is 0.785. The molecule has 2 aromatic rings. The van der Waals surface area contributed by atoms with Crippen molar-refractivity contribution in [3.63, 3.8) is 0 Å². The van der Waals surface area contributed by atoms with Gasteiger partial charge in [-0.15, -0.1) is 0 Å². The Morgan fingerprint density at radius 3 is 2.95 bits per heavy atom. The zero-order valence-corrected chi connectivity index (χ0v) is 11.9. The summed E-state index contributed by atoms with van der Waals surface area (Å²) in [6, 6.07) is 7.87. The fourth-order valence-corrected chi connectivity index (χ4v) is 3.09. The second kappa shape index (κ2) is 5.94. The van der Waals surface area contributed by atoms with E-state index in [9.17, 15) is 0 Å². The molecule has 19 heavy (non-hydrogen) atoms. The van der Waals surface area contributed by atoms with Crippen molar-refractivity contribution in [2.45, 2.75) is 12.5 Å². The smallest absolute Gasteiger partial charge is 0.228 e. The minimum absolute atomic E-state index is 0.428. The summed E-state index contributed by atoms with van der Waals surface area (Å²) in [5.41, 5.74) is 0.922. The molecular weight excluding hydrogens is 282 g/mol. The van der Waals surface area contributed by atoms with Crippen molar-refractivity contribution in [1.29, 1.82) is 0 Å². The maximum atomic E-state index is 5.86. The van der Waals surface area contributed by atoms with Gasteiger partial charge in [0, 0.05) is 41.1 Å². The Hall–Kier alpha value is -1.04. The van der Waals surface area contributed by atoms with E-state index in [1.807, 2.05) is 36.0 Å². The van der Waals surface area contributed by atoms with Crippen LogP contribution in [0.2, 0.25) is 5.02 Å². The fourth-order valence-electron chi connectivity index (χ4n) is 2.02. The lowest BCUT2D eigenvalue weighted by Crippen LogP contribution is -2.38. The number of nitrogens with zero attached hydrogens (tertiary/aromatic N) is 2. The summed E-state index contributed by atoms with van der Waals surface area (Å²) in [6.45, 7) is 1.05. The molecule has 100 valence electrons. The number of thioether (sulfide) groups is 1. The van der Waals surface area contributed by atoms with Crippen LogP contribution in [-0.2, 0) is 6.42 Å². The van der Waals surface area contributed by atoms with Crippen LogP contribution >= 0.6 is 23.4 Å². The molecule has 1 atom stereocenters. The van der Waals surface area contributed by atoms with Gasteiger partial charge in [-0.25, -0.2) is 0 Å². The molecule has 0 radical (unpaired) electrons. The molecule has 6 heteroatoms. The second-order valence-electron chi connectivity index (χ2n) is 4.45. The standard InChI is InChI=1S/C13H14ClN3OS/c14-10-3-1-9(2-4-10)13-16-12(18-17-13)7-11-8-19-6-5-15-11/h1-4,11,15H,5-8H2. The van der Waals surface area contributed by atoms with Gasteiger partial charge in [0.05, 0.1) is 0 Å². The highest BCUT2D eigenvalue weighted by Gasteiger charge is 2.17. The third-order valence-corrected chi connectivity index (χ3v) is 4.37. The van der Waals surface area contributed by atoms with E-state index in [1.165, 1.54) is 5.75 Å². The molecular formula is C13H14ClN3OS. The lowest BCUT2D eigenvalue weighted by Gasteiger charge is -2.21. The maximum absolute atomic E-state index is 5.86. The quantitative estimate of drug-likeness (QED) is 0.943. The van der Waals surface area contributed by atoms with E-state index in [1.54, 1.807) is 0 Å². The Labute approximate surface area is 120 Å². The molecule has 2 heterocycles. The molecule has 0 bridgehead atoms. The number of nitrogens with one attached hydrogen (secondary N) is 1. The Balaban J connectivity index is 1.70. The highest BCUT2D eigenvalue weighted by molar-refractivity contribution is 7.99. The minimum Gasteiger partial charge on any atom is -0.339 e. The lowest BCUT2D eigenvalue weighted by atomic mass is 10.2. The van der Waals surface area contributed by atoms with Gasteiger partial charge < -0.3 is 9.84 Å². The number of benzene rings is 1. The van der Waals surface area contributed by atoms with Crippen molar-refractivity contribution in [3.05, 3.63) is 35.2 Å². The minimum atomic E-state index is 0.428. The van der Waals surface area contributed by atoms with Crippen LogP contribution in [0.25, 0.3) is 11.4 Å². The normalized spacial score (nSPS) is 19.5. The molecule has 1 aliphatic rings. The SMILES string of the molecule is Clc1ccc(-c2noc(CC3CSCCN3)n2)cc1. The van der Waals surface area contributed by atoms with Gasteiger partial charge in [-0.2, -0.15) is 16.7 Å². The lowest BCUT2D eigenvalue weighted by molar-refractivity contribution is 0.363. The molecule has 3 rings (SSSR count). The summed E-state index contributed by atoms with van der Waals surface area (Å²) in [5, 5.41) is 8.18. The Morgan fingerprint density at radius 1 is 1.37 bits per heavy atom. The van der Waals surface area contributed by atoms with E-state index in [0.29, 0.717) is 22.8 Å². The zero-order chi connectivity index (χ0) is 13.1. The van der Waals surface area contributed by atoms with Crippen LogP contribution in [0.15, 0.2) is 28.8 Å². The first kappa shape index (κ1) is 13.0. The van der Waals surface area contributed by atoms with Gasteiger partial charge >= 0.3 is 0 Å². The monoisotopic (exact) mass is 295 g/mol. The van der Waals surface area contributed by atoms with E-state index in [2.05, 4.69) is 15.5 Å². The number of hydrogen-bond donors (Lipinski definition) is 1. The molecule has 1 N–H and O–H groups in total. The van der Waals surface area contributed by atoms with Gasteiger partial charge in [-0.05, 0) is 24.3 Å². The first-order chi connectivity index (χ1) is 9.31. The van der Waals surface area contributed by atoms with Crippen LogP contribution in [-0.4, -0.2) is 34.2 Å². The van der Waals surface area contributed by atoms with Crippen molar-refractivity contribution in [2.24, 2.45) is 0 Å². The van der Waals surface area contributed by atoms with Gasteiger partial charge in [0.1, 0.15) is 0 Å². The third kappa shape index (κ3) is 3.29. The van der Waals surface area contributed by atoms with E-state index >= 15 is 0 Å². The van der Waals surface area contributed by atoms with Crippen molar-refractivity contribution in [2.75, 3.05) is 18.1 Å². The van der Waals surface area contributed by atoms with Crippen LogP contribution in [0.3, 0.4) is 0 Å². The molecule has 0 amide bonds. The largest absolute Gasteiger partial charge is 0.339 e. The zero-order valence-electron chi connectivity index (χ0n) is 10.3. The van der Waals surface area contributed by atoms with Crippen LogP contribution in [0.5, 0.6) is 0 Å². The number of aromatic nitrogens is 2. The van der Waals surface area contributed by atoms with Crippen molar-refractivity contribution < 1.29 is 4.52 Å². The van der Waals surface area contributed by atoms with Crippen molar-refractivity contribution >= 4 is 23.4 Å². The van der Waals surface area contributed by atoms with E-state index in [4.69, 9.17) is 16.1 Å². The Kier molecular flexibility index (Phi) is 4.06. The molecule has 1 aromatic carbocycles. The van der Waals surface area contributed by atoms with E-state index in [-0.39, 0.29) is 0 Å². The van der Waals surface area contributed by atoms with Crippen molar-refractivity contribution in [1.82, 2.24) is 15.5 Å². The molecule has 0 aliphatic carbocycles. The first-order valence-corrected chi connectivity index (χ1v) is 7.74. The molecule has 1 saturated heterocycles. The average molecular weight is 296 g/mol. The Morgan fingerprint density at radius 2 is 2.21 bits per heavy atom. The van der Waals surface area contributed by atoms with Gasteiger partial charge in [-0.1, -0.05) is 16.8 Å². The highest BCUT2D eigenvalue weighted by Crippen LogP contribution is 2.19. The molecule has 1 fully saturated rings. The molecule has 1 aromatic heterocycles. The molecule has 0 saturated carbocycles. The van der Waals surface area contributed by atoms with Gasteiger partial charge in [0.25, 0.3) is 0 Å². The van der Waals surface area contributed by atoms with Gasteiger partial charge in [-0.3, -0.25) is 0 Å². The van der Waals surface area contributed by atoms with Crippen LogP contribution < -0.4 is 5.32 Å². The highest BCUT2D eigenvalue weighted by atomic mass is 35.5. The molecule has 4 nitrogen and oxygen atoms in total. The number of rotatable bonds is 3. The predicted molar refractivity (Wildman–Crippen MR) is 77.6 cm³/mol. The van der Waals surface area contributed by atoms with Crippen LogP contribution in [0.4, 0.5) is 0 Å². The van der Waals surface area contributed by atoms with E-state index < -0.39 is 0 Å². The summed E-state index contributed by atoms with van der Waals surface area (Å²) in [7, 11) is 0. The van der Waals surface area contributed by atoms with Gasteiger partial charge in [0.2, 0.25) is 11.7 Å². The fraction of sp³-hybridized carbons (Fsp3) is 0.385. The third-order valence-electron chi connectivity index (χ3n) is 2.99. The maximum Gasteiger partial charge on any atom is 0.228 e. The second-order valence-corrected chi connectivity index (χ2v) is 6.03. The topological polar surface area (TPSA) is 51.0 Å². The summed E-state index contributed by atoms with van der Waals surface area (Å²) < 4.78 is 5.31. The van der Waals surface area contributed by atoms with Gasteiger partial charge in [0.15, 0.2) is 0 Å². The molecule has 1 unspecified atom stereocenters. The summed E-state index contributed by atoms with van der Waals surface area (Å²) in [5.74, 6) is 3.58. The van der Waals surface area contributed by atoms with Crippen LogP contribution in [0, 0.1) is 0 Å². The first-order valence-electron chi connectivity index (χ1n) is 6.21. The van der Waals surface area contributed by atoms with Crippen molar-refractivity contribution in [3.8, 4) is 11.4 Å². The summed E-state index contributed by atoms with van der Waals surface area (Å²) >= 11 is 7.82.